The van der Waals surface area contributed by atoms with Crippen molar-refractivity contribution >= 4 is 20.6 Å². The van der Waals surface area contributed by atoms with Gasteiger partial charge in [-0.3, -0.25) is 4.21 Å². The molecule has 0 fully saturated rings. The highest BCUT2D eigenvalue weighted by molar-refractivity contribution is 7.92. The molecule has 102 valence electrons. The van der Waals surface area contributed by atoms with E-state index in [1.807, 2.05) is 30.3 Å². The lowest BCUT2D eigenvalue weighted by atomic mass is 10.1. The highest BCUT2D eigenvalue weighted by Gasteiger charge is 2.19. The molecule has 2 atom stereocenters. The molecule has 2 unspecified atom stereocenters. The van der Waals surface area contributed by atoms with Crippen LogP contribution in [-0.2, 0) is 20.6 Å². The Kier molecular flexibility index (Phi) is 5.98. The molecule has 0 aliphatic carbocycles. The molecule has 6 heteroatoms. The van der Waals surface area contributed by atoms with Crippen molar-refractivity contribution in [3.8, 4) is 0 Å². The van der Waals surface area contributed by atoms with Crippen molar-refractivity contribution in [1.82, 2.24) is 0 Å². The molecule has 1 rings (SSSR count). The molecular formula is C12H19NO3S2. The molecule has 2 N–H and O–H groups in total. The van der Waals surface area contributed by atoms with Gasteiger partial charge in [0.1, 0.15) is 9.84 Å². The van der Waals surface area contributed by atoms with Gasteiger partial charge in [-0.1, -0.05) is 30.3 Å². The predicted octanol–water partition coefficient (Wildman–Crippen LogP) is 0.870. The number of rotatable bonds is 7. The summed E-state index contributed by atoms with van der Waals surface area (Å²) in [7, 11) is -4.29. The van der Waals surface area contributed by atoms with E-state index in [1.165, 1.54) is 0 Å². The largest absolute Gasteiger partial charge is 0.330 e. The van der Waals surface area contributed by atoms with Crippen LogP contribution >= 0.6 is 0 Å². The predicted molar refractivity (Wildman–Crippen MR) is 75.6 cm³/mol. The van der Waals surface area contributed by atoms with Crippen molar-refractivity contribution in [2.75, 3.05) is 24.3 Å². The van der Waals surface area contributed by atoms with Crippen molar-refractivity contribution in [2.24, 2.45) is 5.73 Å². The molecule has 0 aromatic heterocycles. The first-order chi connectivity index (χ1) is 8.44. The quantitative estimate of drug-likeness (QED) is 0.808. The fraction of sp³-hybridized carbons (Fsp3) is 0.500. The molecular weight excluding hydrogens is 270 g/mol. The van der Waals surface area contributed by atoms with Gasteiger partial charge in [0.05, 0.1) is 11.0 Å². The van der Waals surface area contributed by atoms with Gasteiger partial charge in [-0.05, 0) is 18.5 Å². The van der Waals surface area contributed by atoms with Gasteiger partial charge in [-0.2, -0.15) is 0 Å². The first-order valence-electron chi connectivity index (χ1n) is 5.74. The van der Waals surface area contributed by atoms with Crippen LogP contribution < -0.4 is 5.73 Å². The average molecular weight is 289 g/mol. The van der Waals surface area contributed by atoms with Crippen LogP contribution in [0.15, 0.2) is 30.3 Å². The fourth-order valence-corrected chi connectivity index (χ4v) is 4.66. The van der Waals surface area contributed by atoms with Crippen molar-refractivity contribution in [3.05, 3.63) is 35.9 Å². The Labute approximate surface area is 111 Å². The van der Waals surface area contributed by atoms with Gasteiger partial charge >= 0.3 is 0 Å². The maximum Gasteiger partial charge on any atom is 0.148 e. The second kappa shape index (κ2) is 7.01. The number of nitrogens with two attached hydrogens (primary N) is 1. The van der Waals surface area contributed by atoms with Crippen LogP contribution in [0.1, 0.15) is 17.2 Å². The lowest BCUT2D eigenvalue weighted by Crippen LogP contribution is -2.19. The van der Waals surface area contributed by atoms with Gasteiger partial charge in [0.2, 0.25) is 0 Å². The highest BCUT2D eigenvalue weighted by Crippen LogP contribution is 2.23. The summed E-state index contributed by atoms with van der Waals surface area (Å²) in [4.78, 5) is 0. The number of sulfone groups is 1. The molecule has 0 saturated heterocycles. The van der Waals surface area contributed by atoms with Crippen molar-refractivity contribution in [2.45, 2.75) is 11.7 Å². The van der Waals surface area contributed by atoms with E-state index in [-0.39, 0.29) is 16.8 Å². The summed E-state index contributed by atoms with van der Waals surface area (Å²) in [6.07, 6.45) is 1.76. The molecule has 18 heavy (non-hydrogen) atoms. The first-order valence-corrected chi connectivity index (χ1v) is 9.18. The minimum Gasteiger partial charge on any atom is -0.330 e. The van der Waals surface area contributed by atoms with Crippen LogP contribution in [0.25, 0.3) is 0 Å². The third-order valence-corrected chi connectivity index (χ3v) is 5.53. The van der Waals surface area contributed by atoms with Crippen LogP contribution in [0, 0.1) is 0 Å². The molecule has 0 amide bonds. The molecule has 0 aliphatic rings. The van der Waals surface area contributed by atoms with Crippen molar-refractivity contribution < 1.29 is 12.6 Å². The van der Waals surface area contributed by atoms with E-state index >= 15 is 0 Å². The Hall–Kier alpha value is -0.720. The van der Waals surface area contributed by atoms with E-state index in [2.05, 4.69) is 0 Å². The van der Waals surface area contributed by atoms with Crippen LogP contribution in [0.4, 0.5) is 0 Å². The van der Waals surface area contributed by atoms with Crippen LogP contribution in [-0.4, -0.2) is 36.9 Å². The zero-order valence-corrected chi connectivity index (χ0v) is 12.0. The average Bonchev–Trinajstić information content (AvgIpc) is 2.33. The summed E-state index contributed by atoms with van der Waals surface area (Å²) < 4.78 is 34.4. The molecule has 0 bridgehead atoms. The third kappa shape index (κ3) is 5.29. The number of benzene rings is 1. The van der Waals surface area contributed by atoms with Crippen molar-refractivity contribution in [1.29, 1.82) is 0 Å². The van der Waals surface area contributed by atoms with E-state index in [0.29, 0.717) is 13.0 Å². The van der Waals surface area contributed by atoms with Gasteiger partial charge in [0, 0.05) is 22.8 Å². The SMILES string of the molecule is CS(=O)(=O)CCS(=O)C(CCN)c1ccccc1. The van der Waals surface area contributed by atoms with Gasteiger partial charge in [-0.25, -0.2) is 8.42 Å². The maximum atomic E-state index is 12.2. The van der Waals surface area contributed by atoms with Gasteiger partial charge in [0.25, 0.3) is 0 Å². The molecule has 0 aliphatic heterocycles. The molecule has 0 radical (unpaired) electrons. The van der Waals surface area contributed by atoms with Crippen LogP contribution in [0.2, 0.25) is 0 Å². The minimum absolute atomic E-state index is 0.0481. The molecule has 4 nitrogen and oxygen atoms in total. The maximum absolute atomic E-state index is 12.2. The Morgan fingerprint density at radius 2 is 1.89 bits per heavy atom. The highest BCUT2D eigenvalue weighted by atomic mass is 32.2. The Bertz CT molecular complexity index is 485. The molecule has 1 aromatic rings. The van der Waals surface area contributed by atoms with E-state index in [0.717, 1.165) is 11.8 Å². The lowest BCUT2D eigenvalue weighted by Gasteiger charge is -2.16. The summed E-state index contributed by atoms with van der Waals surface area (Å²) in [5.74, 6) is 0.117. The van der Waals surface area contributed by atoms with Crippen molar-refractivity contribution in [3.63, 3.8) is 0 Å². The number of hydrogen-bond acceptors (Lipinski definition) is 4. The van der Waals surface area contributed by atoms with E-state index in [9.17, 15) is 12.6 Å². The monoisotopic (exact) mass is 289 g/mol. The smallest absolute Gasteiger partial charge is 0.148 e. The van der Waals surface area contributed by atoms with E-state index < -0.39 is 20.6 Å². The Morgan fingerprint density at radius 1 is 1.28 bits per heavy atom. The second-order valence-corrected chi connectivity index (χ2v) is 8.19. The third-order valence-electron chi connectivity index (χ3n) is 2.57. The van der Waals surface area contributed by atoms with Gasteiger partial charge in [0.15, 0.2) is 0 Å². The normalized spacial score (nSPS) is 15.2. The molecule has 1 aromatic carbocycles. The Morgan fingerprint density at radius 3 is 2.39 bits per heavy atom. The molecule has 0 saturated carbocycles. The summed E-state index contributed by atoms with van der Waals surface area (Å²) >= 11 is 0. The fourth-order valence-electron chi connectivity index (χ4n) is 1.64. The summed E-state index contributed by atoms with van der Waals surface area (Å²) in [6, 6.07) is 9.46. The minimum atomic E-state index is -3.07. The first kappa shape index (κ1) is 15.3. The van der Waals surface area contributed by atoms with Gasteiger partial charge < -0.3 is 5.73 Å². The van der Waals surface area contributed by atoms with Crippen LogP contribution in [0.5, 0.6) is 0 Å². The second-order valence-electron chi connectivity index (χ2n) is 4.19. The zero-order valence-electron chi connectivity index (χ0n) is 10.4. The molecule has 0 heterocycles. The summed E-state index contributed by atoms with van der Waals surface area (Å²) in [5, 5.41) is -0.182. The zero-order chi connectivity index (χ0) is 13.6. The lowest BCUT2D eigenvalue weighted by molar-refractivity contribution is 0.602. The van der Waals surface area contributed by atoms with E-state index in [1.54, 1.807) is 0 Å². The Balaban J connectivity index is 2.76. The number of hydrogen-bond donors (Lipinski definition) is 1. The van der Waals surface area contributed by atoms with Crippen LogP contribution in [0.3, 0.4) is 0 Å². The summed E-state index contributed by atoms with van der Waals surface area (Å²) in [6.45, 7) is 0.435. The van der Waals surface area contributed by atoms with E-state index in [4.69, 9.17) is 5.73 Å². The standard InChI is InChI=1S/C12H19NO3S2/c1-18(15,16)10-9-17(14)12(7-8-13)11-5-3-2-4-6-11/h2-6,12H,7-10,13H2,1H3. The molecule has 0 spiro atoms. The van der Waals surface area contributed by atoms with Gasteiger partial charge in [-0.15, -0.1) is 0 Å². The topological polar surface area (TPSA) is 77.2 Å². The summed E-state index contributed by atoms with van der Waals surface area (Å²) in [5.41, 5.74) is 6.49.